The van der Waals surface area contributed by atoms with E-state index in [1.54, 1.807) is 29.7 Å². The maximum Gasteiger partial charge on any atom is 0.299 e. The minimum absolute atomic E-state index is 0. The maximum atomic E-state index is 12.4. The van der Waals surface area contributed by atoms with Crippen LogP contribution in [0.3, 0.4) is 0 Å². The van der Waals surface area contributed by atoms with E-state index in [0.717, 1.165) is 28.6 Å². The van der Waals surface area contributed by atoms with E-state index in [0.29, 0.717) is 90.7 Å². The summed E-state index contributed by atoms with van der Waals surface area (Å²) < 4.78 is 15.5. The maximum absolute atomic E-state index is 12.4. The van der Waals surface area contributed by atoms with Crippen LogP contribution in [0.15, 0.2) is 61.4 Å². The number of ether oxygens (including phenoxy) is 2. The van der Waals surface area contributed by atoms with E-state index < -0.39 is 8.07 Å². The van der Waals surface area contributed by atoms with Gasteiger partial charge in [-0.2, -0.15) is 4.98 Å². The van der Waals surface area contributed by atoms with Crippen molar-refractivity contribution in [3.63, 3.8) is 0 Å². The number of carbonyl (C=O) groups is 1. The Labute approximate surface area is 356 Å². The number of nitrogens with two attached hydrogens (primary N) is 2. The van der Waals surface area contributed by atoms with Crippen LogP contribution < -0.4 is 21.1 Å². The zero-order chi connectivity index (χ0) is 41.0. The SMILES string of the molecule is CCOc1nc2c(N)nc(-c3nccn3COCC[Si](C)(C)C)nc2n1Cc1ccc(C)nc1.Cc1ccc(CN2C(=O)Cc3c(N)nc(-c4ncc[nH]4)nc32)cn1.[W]. The van der Waals surface area contributed by atoms with Crippen molar-refractivity contribution in [1.29, 1.82) is 0 Å². The fourth-order valence-corrected chi connectivity index (χ4v) is 6.85. The molecular weight excluding hydrogens is 938 g/mol. The number of nitrogen functional groups attached to an aromatic ring is 2. The van der Waals surface area contributed by atoms with Crippen molar-refractivity contribution < 1.29 is 35.3 Å². The number of nitrogens with one attached hydrogen (secondary N) is 1. The first kappa shape index (κ1) is 42.7. The van der Waals surface area contributed by atoms with E-state index in [9.17, 15) is 4.79 Å². The topological polar surface area (TPSA) is 232 Å². The van der Waals surface area contributed by atoms with Gasteiger partial charge in [-0.3, -0.25) is 24.2 Å². The number of nitrogens with zero attached hydrogens (tertiary/aromatic N) is 12. The predicted molar refractivity (Wildman–Crippen MR) is 222 cm³/mol. The predicted octanol–water partition coefficient (Wildman–Crippen LogP) is 4.97. The molecule has 1 amide bonds. The smallest absolute Gasteiger partial charge is 0.299 e. The second-order valence-electron chi connectivity index (χ2n) is 15.0. The van der Waals surface area contributed by atoms with Crippen molar-refractivity contribution in [2.45, 2.75) is 72.7 Å². The van der Waals surface area contributed by atoms with Gasteiger partial charge in [0, 0.05) is 89.9 Å². The Hall–Kier alpha value is -5.91. The van der Waals surface area contributed by atoms with Crippen LogP contribution in [0, 0.1) is 13.8 Å². The van der Waals surface area contributed by atoms with Crippen molar-refractivity contribution >= 4 is 42.6 Å². The van der Waals surface area contributed by atoms with Gasteiger partial charge in [-0.05, 0) is 50.1 Å². The molecule has 59 heavy (non-hydrogen) atoms. The summed E-state index contributed by atoms with van der Waals surface area (Å²) in [5.41, 5.74) is 17.9. The fraction of sp³-hybridized carbons (Fsp3) is 0.333. The van der Waals surface area contributed by atoms with Crippen molar-refractivity contribution in [2.75, 3.05) is 29.6 Å². The first-order chi connectivity index (χ1) is 27.9. The first-order valence-electron chi connectivity index (χ1n) is 18.9. The van der Waals surface area contributed by atoms with Crippen LogP contribution in [0.5, 0.6) is 6.01 Å². The summed E-state index contributed by atoms with van der Waals surface area (Å²) in [6, 6.07) is 9.40. The molecule has 0 unspecified atom stereocenters. The Morgan fingerprint density at radius 1 is 0.847 bits per heavy atom. The molecule has 0 spiro atoms. The van der Waals surface area contributed by atoms with Gasteiger partial charge in [-0.25, -0.2) is 29.9 Å². The molecule has 7 aromatic heterocycles. The molecule has 8 heterocycles. The number of imidazole rings is 3. The summed E-state index contributed by atoms with van der Waals surface area (Å²) in [5, 5.41) is 0. The third-order valence-corrected chi connectivity index (χ3v) is 10.9. The third-order valence-electron chi connectivity index (χ3n) is 9.24. The normalized spacial score (nSPS) is 12.3. The summed E-state index contributed by atoms with van der Waals surface area (Å²) in [6.07, 6.45) is 10.7. The van der Waals surface area contributed by atoms with Crippen LogP contribution in [0.25, 0.3) is 34.5 Å². The van der Waals surface area contributed by atoms with Gasteiger partial charge in [-0.15, -0.1) is 0 Å². The third kappa shape index (κ3) is 10.0. The van der Waals surface area contributed by atoms with E-state index in [1.165, 1.54) is 0 Å². The van der Waals surface area contributed by atoms with Crippen molar-refractivity contribution in [2.24, 2.45) is 0 Å². The quantitative estimate of drug-likeness (QED) is 0.102. The van der Waals surface area contributed by atoms with E-state index >= 15 is 0 Å². The zero-order valence-corrected chi connectivity index (χ0v) is 37.8. The molecule has 0 atom stereocenters. The summed E-state index contributed by atoms with van der Waals surface area (Å²) >= 11 is 0. The monoisotopic (exact) mass is 985 g/mol. The van der Waals surface area contributed by atoms with Crippen LogP contribution in [0.1, 0.15) is 35.0 Å². The van der Waals surface area contributed by atoms with Gasteiger partial charge >= 0.3 is 0 Å². The van der Waals surface area contributed by atoms with Gasteiger partial charge in [0.25, 0.3) is 6.01 Å². The number of aryl methyl sites for hydroxylation is 2. The number of carbonyl (C=O) groups excluding carboxylic acids is 1. The molecule has 7 aromatic rings. The number of aromatic amines is 1. The Morgan fingerprint density at radius 2 is 1.56 bits per heavy atom. The number of hydrogen-bond donors (Lipinski definition) is 3. The molecule has 0 aromatic carbocycles. The number of aromatic nitrogens is 12. The van der Waals surface area contributed by atoms with Gasteiger partial charge in [0.05, 0.1) is 26.1 Å². The number of rotatable bonds is 13. The average Bonchev–Trinajstić information content (AvgIpc) is 4.01. The van der Waals surface area contributed by atoms with E-state index in [4.69, 9.17) is 25.9 Å². The molecule has 0 fully saturated rings. The van der Waals surface area contributed by atoms with Crippen molar-refractivity contribution in [1.82, 2.24) is 59.0 Å². The second kappa shape index (κ2) is 18.3. The fourth-order valence-electron chi connectivity index (χ4n) is 6.10. The van der Waals surface area contributed by atoms with Gasteiger partial charge < -0.3 is 30.5 Å². The van der Waals surface area contributed by atoms with Crippen LogP contribution in [0.2, 0.25) is 25.7 Å². The summed E-state index contributed by atoms with van der Waals surface area (Å²) in [6.45, 7) is 15.2. The number of H-pyrrole nitrogens is 1. The molecule has 0 radical (unpaired) electrons. The molecular formula is C39H47N15O3SiW. The number of fused-ring (bicyclic) bond motifs is 2. The second-order valence-corrected chi connectivity index (χ2v) is 20.7. The molecule has 0 aliphatic carbocycles. The van der Waals surface area contributed by atoms with Crippen molar-refractivity contribution in [3.05, 3.63) is 89.5 Å². The average molecular weight is 986 g/mol. The minimum Gasteiger partial charge on any atom is -0.465 e. The van der Waals surface area contributed by atoms with Gasteiger partial charge in [0.15, 0.2) is 40.3 Å². The number of amides is 1. The zero-order valence-electron chi connectivity index (χ0n) is 33.9. The molecule has 1 aliphatic heterocycles. The number of pyridine rings is 2. The van der Waals surface area contributed by atoms with E-state index in [-0.39, 0.29) is 39.2 Å². The van der Waals surface area contributed by atoms with E-state index in [1.807, 2.05) is 66.6 Å². The molecule has 0 saturated heterocycles. The molecule has 0 bridgehead atoms. The summed E-state index contributed by atoms with van der Waals surface area (Å²) in [5.74, 6) is 2.96. The number of hydrogen-bond acceptors (Lipinski definition) is 14. The van der Waals surface area contributed by atoms with Gasteiger partial charge in [-0.1, -0.05) is 31.8 Å². The Balaban J connectivity index is 0.000000206. The molecule has 20 heteroatoms. The molecule has 306 valence electrons. The van der Waals surface area contributed by atoms with Crippen LogP contribution >= 0.6 is 0 Å². The molecule has 1 aliphatic rings. The number of anilines is 3. The molecule has 18 nitrogen and oxygen atoms in total. The first-order valence-corrected chi connectivity index (χ1v) is 22.6. The summed E-state index contributed by atoms with van der Waals surface area (Å²) in [4.78, 5) is 56.9. The van der Waals surface area contributed by atoms with E-state index in [2.05, 4.69) is 64.5 Å². The van der Waals surface area contributed by atoms with Crippen LogP contribution in [-0.2, 0) is 56.8 Å². The summed E-state index contributed by atoms with van der Waals surface area (Å²) in [7, 11) is -1.16. The molecule has 8 rings (SSSR count). The largest absolute Gasteiger partial charge is 0.465 e. The molecule has 5 N–H and O–H groups in total. The Kier molecular flexibility index (Phi) is 13.3. The molecule has 0 saturated carbocycles. The van der Waals surface area contributed by atoms with Crippen LogP contribution in [0.4, 0.5) is 17.5 Å². The van der Waals surface area contributed by atoms with Crippen LogP contribution in [-0.4, -0.2) is 86.2 Å². The Bertz CT molecular complexity index is 2520. The van der Waals surface area contributed by atoms with Gasteiger partial charge in [0.2, 0.25) is 5.91 Å². The van der Waals surface area contributed by atoms with Gasteiger partial charge in [0.1, 0.15) is 18.4 Å². The standard InChI is InChI=1S/C23H32N8O2Si.C16H15N7O.W/c1-6-33-23-27-18-19(24)28-20(22-25-9-10-30(22)15-32-11-12-34(3,4)5)29-21(18)31(23)14-17-8-7-16(2)26-13-17;1-9-2-3-10(7-20-9)8-23-12(24)6-11-13(17)21-15(22-16(11)23)14-18-4-5-19-14;/h7-10,13H,6,11-12,14-15H2,1-5H3,(H2,24,28,29);2-5,7H,6,8H2,1H3,(H,18,19)(H2,17,21,22);. The minimum atomic E-state index is -1.16. The Morgan fingerprint density at radius 3 is 2.20 bits per heavy atom. The van der Waals surface area contributed by atoms with Crippen molar-refractivity contribution in [3.8, 4) is 29.3 Å².